The molecule has 1 atom stereocenters. The van der Waals surface area contributed by atoms with Crippen molar-refractivity contribution in [2.24, 2.45) is 5.73 Å². The van der Waals surface area contributed by atoms with Crippen LogP contribution in [0.3, 0.4) is 0 Å². The van der Waals surface area contributed by atoms with Crippen molar-refractivity contribution in [3.05, 3.63) is 0 Å². The second-order valence-electron chi connectivity index (χ2n) is 8.39. The Bertz CT molecular complexity index is 443. The number of carbonyl (C=O) groups is 1. The summed E-state index contributed by atoms with van der Waals surface area (Å²) >= 11 is 0. The van der Waals surface area contributed by atoms with Crippen LogP contribution in [0, 0.1) is 0 Å². The summed E-state index contributed by atoms with van der Waals surface area (Å²) in [5, 5.41) is 0. The van der Waals surface area contributed by atoms with E-state index >= 15 is 0 Å². The van der Waals surface area contributed by atoms with E-state index in [2.05, 4.69) is 23.6 Å². The van der Waals surface area contributed by atoms with Gasteiger partial charge in [-0.05, 0) is 26.7 Å². The number of hydrogen-bond acceptors (Lipinski definition) is 5. The molecule has 144 valence electrons. The topological polar surface area (TPSA) is 62.0 Å². The number of morpholine rings is 1. The van der Waals surface area contributed by atoms with Crippen LogP contribution in [-0.2, 0) is 9.53 Å². The van der Waals surface area contributed by atoms with Gasteiger partial charge in [0.05, 0.1) is 18.2 Å². The first kappa shape index (κ1) is 19.1. The third kappa shape index (κ3) is 4.73. The predicted molar refractivity (Wildman–Crippen MR) is 99.5 cm³/mol. The number of nitrogens with zero attached hydrogens (tertiary/aromatic N) is 3. The zero-order valence-corrected chi connectivity index (χ0v) is 16.1. The van der Waals surface area contributed by atoms with E-state index in [-0.39, 0.29) is 12.0 Å². The highest BCUT2D eigenvalue weighted by Gasteiger charge is 2.39. The summed E-state index contributed by atoms with van der Waals surface area (Å²) in [7, 11) is 0. The Kier molecular flexibility index (Phi) is 6.36. The third-order valence-electron chi connectivity index (χ3n) is 6.19. The Balaban J connectivity index is 1.45. The van der Waals surface area contributed by atoms with Gasteiger partial charge in [-0.15, -0.1) is 0 Å². The minimum absolute atomic E-state index is 0.187. The molecule has 0 aromatic heterocycles. The van der Waals surface area contributed by atoms with Crippen LogP contribution in [0.5, 0.6) is 0 Å². The van der Waals surface area contributed by atoms with Gasteiger partial charge in [0.2, 0.25) is 5.91 Å². The maximum absolute atomic E-state index is 12.8. The number of hydrogen-bond donors (Lipinski definition) is 1. The van der Waals surface area contributed by atoms with Crippen LogP contribution in [-0.4, -0.2) is 90.7 Å². The van der Waals surface area contributed by atoms with E-state index in [9.17, 15) is 4.79 Å². The van der Waals surface area contributed by atoms with Crippen LogP contribution in [0.1, 0.15) is 46.0 Å². The molecule has 2 aliphatic heterocycles. The molecule has 0 spiro atoms. The molecule has 2 heterocycles. The van der Waals surface area contributed by atoms with Gasteiger partial charge in [-0.3, -0.25) is 14.6 Å². The molecule has 3 fully saturated rings. The van der Waals surface area contributed by atoms with Gasteiger partial charge >= 0.3 is 0 Å². The first-order valence-electron chi connectivity index (χ1n) is 10.1. The first-order chi connectivity index (χ1) is 12.0. The lowest BCUT2D eigenvalue weighted by Crippen LogP contribution is -2.61. The fourth-order valence-electron chi connectivity index (χ4n) is 4.45. The fourth-order valence-corrected chi connectivity index (χ4v) is 4.45. The highest BCUT2D eigenvalue weighted by atomic mass is 16.5. The standard InChI is InChI=1S/C19H36N4O2/c1-16(2)23-12-13-25-17(15-23)14-21-8-10-22(11-9-21)18(24)19(20)6-4-3-5-7-19/h16-17H,3-15,20H2,1-2H3. The minimum Gasteiger partial charge on any atom is -0.374 e. The van der Waals surface area contributed by atoms with E-state index in [0.717, 1.165) is 78.1 Å². The Hall–Kier alpha value is -0.690. The Morgan fingerprint density at radius 3 is 2.44 bits per heavy atom. The molecule has 0 bridgehead atoms. The highest BCUT2D eigenvalue weighted by Crippen LogP contribution is 2.28. The van der Waals surface area contributed by atoms with E-state index in [1.165, 1.54) is 6.42 Å². The maximum Gasteiger partial charge on any atom is 0.242 e. The molecular formula is C19H36N4O2. The number of ether oxygens (including phenoxy) is 1. The molecule has 2 N–H and O–H groups in total. The van der Waals surface area contributed by atoms with Crippen molar-refractivity contribution in [1.82, 2.24) is 14.7 Å². The van der Waals surface area contributed by atoms with Crippen LogP contribution >= 0.6 is 0 Å². The quantitative estimate of drug-likeness (QED) is 0.815. The van der Waals surface area contributed by atoms with Crippen molar-refractivity contribution >= 4 is 5.91 Å². The van der Waals surface area contributed by atoms with E-state index in [4.69, 9.17) is 10.5 Å². The summed E-state index contributed by atoms with van der Waals surface area (Å²) in [5.41, 5.74) is 5.84. The van der Waals surface area contributed by atoms with Crippen molar-refractivity contribution in [2.45, 2.75) is 63.6 Å². The van der Waals surface area contributed by atoms with Crippen LogP contribution in [0.15, 0.2) is 0 Å². The molecule has 0 aromatic rings. The predicted octanol–water partition coefficient (Wildman–Crippen LogP) is 0.901. The van der Waals surface area contributed by atoms with Crippen molar-refractivity contribution in [1.29, 1.82) is 0 Å². The Morgan fingerprint density at radius 1 is 1.12 bits per heavy atom. The molecule has 2 saturated heterocycles. The molecule has 1 unspecified atom stereocenters. The number of nitrogens with two attached hydrogens (primary N) is 1. The third-order valence-corrected chi connectivity index (χ3v) is 6.19. The number of amides is 1. The normalized spacial score (nSPS) is 29.1. The molecule has 6 heteroatoms. The maximum atomic E-state index is 12.8. The minimum atomic E-state index is -0.593. The number of carbonyl (C=O) groups excluding carboxylic acids is 1. The van der Waals surface area contributed by atoms with E-state index in [1.807, 2.05) is 4.90 Å². The van der Waals surface area contributed by atoms with Gasteiger partial charge in [0.25, 0.3) is 0 Å². The summed E-state index contributed by atoms with van der Waals surface area (Å²) in [6.07, 6.45) is 5.40. The van der Waals surface area contributed by atoms with Gasteiger partial charge in [0.15, 0.2) is 0 Å². The summed E-state index contributed by atoms with van der Waals surface area (Å²) in [6.45, 7) is 11.8. The SMILES string of the molecule is CC(C)N1CCOC(CN2CCN(C(=O)C3(N)CCCCC3)CC2)C1. The fraction of sp³-hybridized carbons (Fsp3) is 0.947. The van der Waals surface area contributed by atoms with Crippen LogP contribution in [0.4, 0.5) is 0 Å². The molecule has 1 aliphatic carbocycles. The van der Waals surface area contributed by atoms with E-state index in [1.54, 1.807) is 0 Å². The zero-order chi connectivity index (χ0) is 17.9. The van der Waals surface area contributed by atoms with Gasteiger partial charge in [-0.1, -0.05) is 19.3 Å². The van der Waals surface area contributed by atoms with Gasteiger partial charge in [-0.25, -0.2) is 0 Å². The zero-order valence-electron chi connectivity index (χ0n) is 16.1. The average Bonchev–Trinajstić information content (AvgIpc) is 2.62. The summed E-state index contributed by atoms with van der Waals surface area (Å²) in [5.74, 6) is 0.187. The van der Waals surface area contributed by atoms with Crippen molar-refractivity contribution < 1.29 is 9.53 Å². The van der Waals surface area contributed by atoms with Crippen molar-refractivity contribution in [3.63, 3.8) is 0 Å². The van der Waals surface area contributed by atoms with Crippen LogP contribution < -0.4 is 5.73 Å². The van der Waals surface area contributed by atoms with Gasteiger partial charge in [0, 0.05) is 51.9 Å². The second kappa shape index (κ2) is 8.33. The summed E-state index contributed by atoms with van der Waals surface area (Å²) < 4.78 is 5.96. The summed E-state index contributed by atoms with van der Waals surface area (Å²) in [6, 6.07) is 0.581. The molecule has 1 amide bonds. The molecule has 6 nitrogen and oxygen atoms in total. The molecular weight excluding hydrogens is 316 g/mol. The monoisotopic (exact) mass is 352 g/mol. The molecule has 0 aromatic carbocycles. The van der Waals surface area contributed by atoms with E-state index in [0.29, 0.717) is 6.04 Å². The van der Waals surface area contributed by atoms with Crippen LogP contribution in [0.25, 0.3) is 0 Å². The smallest absolute Gasteiger partial charge is 0.242 e. The molecule has 1 saturated carbocycles. The van der Waals surface area contributed by atoms with Gasteiger partial charge < -0.3 is 15.4 Å². The van der Waals surface area contributed by atoms with Gasteiger partial charge in [0.1, 0.15) is 0 Å². The number of piperazine rings is 1. The van der Waals surface area contributed by atoms with Crippen molar-refractivity contribution in [3.8, 4) is 0 Å². The Labute approximate surface area is 152 Å². The lowest BCUT2D eigenvalue weighted by atomic mass is 9.81. The average molecular weight is 353 g/mol. The summed E-state index contributed by atoms with van der Waals surface area (Å²) in [4.78, 5) is 19.8. The highest BCUT2D eigenvalue weighted by molar-refractivity contribution is 5.86. The lowest BCUT2D eigenvalue weighted by molar-refractivity contribution is -0.140. The van der Waals surface area contributed by atoms with Crippen LogP contribution in [0.2, 0.25) is 0 Å². The molecule has 3 rings (SSSR count). The largest absolute Gasteiger partial charge is 0.374 e. The number of rotatable bonds is 4. The Morgan fingerprint density at radius 2 is 1.80 bits per heavy atom. The lowest BCUT2D eigenvalue weighted by Gasteiger charge is -2.42. The second-order valence-corrected chi connectivity index (χ2v) is 8.39. The molecule has 3 aliphatic rings. The van der Waals surface area contributed by atoms with Gasteiger partial charge in [-0.2, -0.15) is 0 Å². The molecule has 25 heavy (non-hydrogen) atoms. The molecule has 0 radical (unpaired) electrons. The van der Waals surface area contributed by atoms with Crippen molar-refractivity contribution in [2.75, 3.05) is 52.4 Å². The first-order valence-corrected chi connectivity index (χ1v) is 10.1. The van der Waals surface area contributed by atoms with E-state index < -0.39 is 5.54 Å².